The molecule has 0 atom stereocenters. The van der Waals surface area contributed by atoms with Crippen LogP contribution in [0.15, 0.2) is 59.5 Å². The van der Waals surface area contributed by atoms with Crippen LogP contribution >= 0.6 is 46.0 Å². The van der Waals surface area contributed by atoms with Gasteiger partial charge in [-0.2, -0.15) is 0 Å². The van der Waals surface area contributed by atoms with Crippen LogP contribution in [0.3, 0.4) is 0 Å². The zero-order chi connectivity index (χ0) is 23.7. The van der Waals surface area contributed by atoms with E-state index in [1.165, 1.54) is 0 Å². The fourth-order valence-corrected chi connectivity index (χ4v) is 4.89. The Morgan fingerprint density at radius 2 is 1.76 bits per heavy atom. The Hall–Kier alpha value is -2.56. The van der Waals surface area contributed by atoms with Gasteiger partial charge in [-0.15, -0.1) is 0 Å². The highest BCUT2D eigenvalue weighted by molar-refractivity contribution is 14.1. The lowest BCUT2D eigenvalue weighted by atomic mass is 10.2. The largest absolute Gasteiger partial charge is 0.325 e. The van der Waals surface area contributed by atoms with E-state index in [1.807, 2.05) is 56.3 Å². The third kappa shape index (κ3) is 5.18. The van der Waals surface area contributed by atoms with Gasteiger partial charge in [-0.25, -0.2) is 0 Å². The Morgan fingerprint density at radius 1 is 1.09 bits per heavy atom. The molecular weight excluding hydrogens is 573 g/mol. The zero-order valence-electron chi connectivity index (χ0n) is 17.8. The molecule has 1 saturated heterocycles. The number of thioether (sulfide) groups is 1. The number of imide groups is 1. The number of benzene rings is 2. The summed E-state index contributed by atoms with van der Waals surface area (Å²) >= 11 is 9.01. The van der Waals surface area contributed by atoms with Crippen molar-refractivity contribution in [2.24, 2.45) is 0 Å². The summed E-state index contributed by atoms with van der Waals surface area (Å²) in [5.74, 6) is -0.903. The molecule has 0 spiro atoms. The molecule has 1 aliphatic heterocycles. The average molecular weight is 592 g/mol. The summed E-state index contributed by atoms with van der Waals surface area (Å²) in [4.78, 5) is 39.0. The molecule has 2 aromatic carbocycles. The molecular formula is C24H19ClIN3O3S. The molecule has 3 aromatic rings. The monoisotopic (exact) mass is 591 g/mol. The number of nitrogens with zero attached hydrogens (tertiary/aromatic N) is 2. The zero-order valence-corrected chi connectivity index (χ0v) is 21.5. The Labute approximate surface area is 214 Å². The molecule has 0 radical (unpaired) electrons. The number of aromatic nitrogens is 1. The van der Waals surface area contributed by atoms with Gasteiger partial charge in [0, 0.05) is 31.4 Å². The molecule has 3 amide bonds. The molecule has 0 aliphatic carbocycles. The minimum absolute atomic E-state index is 0.290. The first-order chi connectivity index (χ1) is 15.7. The highest BCUT2D eigenvalue weighted by atomic mass is 127. The highest BCUT2D eigenvalue weighted by Crippen LogP contribution is 2.33. The van der Waals surface area contributed by atoms with E-state index in [0.29, 0.717) is 15.6 Å². The highest BCUT2D eigenvalue weighted by Gasteiger charge is 2.36. The second kappa shape index (κ2) is 9.74. The van der Waals surface area contributed by atoms with E-state index in [1.54, 1.807) is 18.2 Å². The van der Waals surface area contributed by atoms with Crippen molar-refractivity contribution < 1.29 is 14.4 Å². The molecule has 4 rings (SSSR count). The van der Waals surface area contributed by atoms with Crippen molar-refractivity contribution in [3.63, 3.8) is 0 Å². The van der Waals surface area contributed by atoms with Crippen molar-refractivity contribution in [1.82, 2.24) is 9.47 Å². The maximum absolute atomic E-state index is 12.9. The maximum Gasteiger partial charge on any atom is 0.294 e. The first-order valence-electron chi connectivity index (χ1n) is 9.98. The maximum atomic E-state index is 12.9. The molecule has 2 heterocycles. The minimum Gasteiger partial charge on any atom is -0.325 e. The molecule has 0 bridgehead atoms. The van der Waals surface area contributed by atoms with Crippen LogP contribution in [0.2, 0.25) is 5.02 Å². The van der Waals surface area contributed by atoms with Crippen LogP contribution in [0.25, 0.3) is 11.8 Å². The normalized spacial score (nSPS) is 14.9. The number of anilines is 1. The number of carbonyl (C=O) groups excluding carboxylic acids is 3. The van der Waals surface area contributed by atoms with E-state index in [0.717, 1.165) is 42.9 Å². The number of halogens is 2. The fraction of sp³-hybridized carbons (Fsp3) is 0.125. The summed E-state index contributed by atoms with van der Waals surface area (Å²) in [7, 11) is 0. The van der Waals surface area contributed by atoms with Gasteiger partial charge in [0.15, 0.2) is 0 Å². The second-order valence-corrected chi connectivity index (χ2v) is 10.1. The van der Waals surface area contributed by atoms with Crippen molar-refractivity contribution >= 4 is 74.8 Å². The number of amides is 3. The van der Waals surface area contributed by atoms with Gasteiger partial charge < -0.3 is 9.88 Å². The number of hydrogen-bond donors (Lipinski definition) is 1. The molecule has 6 nitrogen and oxygen atoms in total. The van der Waals surface area contributed by atoms with Gasteiger partial charge in [0.2, 0.25) is 5.91 Å². The van der Waals surface area contributed by atoms with Crippen molar-refractivity contribution in [2.75, 3.05) is 11.9 Å². The minimum atomic E-state index is -0.473. The molecule has 1 fully saturated rings. The van der Waals surface area contributed by atoms with Gasteiger partial charge in [-0.05, 0) is 114 Å². The summed E-state index contributed by atoms with van der Waals surface area (Å²) in [5.41, 5.74) is 4.30. The number of hydrogen-bond acceptors (Lipinski definition) is 4. The van der Waals surface area contributed by atoms with E-state index in [9.17, 15) is 14.4 Å². The summed E-state index contributed by atoms with van der Waals surface area (Å²) < 4.78 is 3.10. The number of nitrogens with one attached hydrogen (secondary N) is 1. The van der Waals surface area contributed by atoms with Crippen molar-refractivity contribution in [2.45, 2.75) is 13.8 Å². The van der Waals surface area contributed by atoms with Crippen molar-refractivity contribution in [3.05, 3.63) is 85.0 Å². The number of rotatable bonds is 5. The molecule has 0 saturated carbocycles. The Balaban J connectivity index is 1.52. The van der Waals surface area contributed by atoms with E-state index in [-0.39, 0.29) is 6.54 Å². The van der Waals surface area contributed by atoms with Crippen LogP contribution in [0.4, 0.5) is 10.5 Å². The molecule has 33 heavy (non-hydrogen) atoms. The Morgan fingerprint density at radius 3 is 2.42 bits per heavy atom. The first-order valence-corrected chi connectivity index (χ1v) is 12.3. The molecule has 0 unspecified atom stereocenters. The van der Waals surface area contributed by atoms with Gasteiger partial charge in [0.05, 0.1) is 4.91 Å². The van der Waals surface area contributed by atoms with Crippen LogP contribution in [0, 0.1) is 17.4 Å². The lowest BCUT2D eigenvalue weighted by Gasteiger charge is -2.12. The van der Waals surface area contributed by atoms with E-state index >= 15 is 0 Å². The summed E-state index contributed by atoms with van der Waals surface area (Å²) in [6, 6.07) is 16.7. The summed E-state index contributed by atoms with van der Waals surface area (Å²) in [5, 5.41) is 2.91. The molecule has 1 aromatic heterocycles. The number of aryl methyl sites for hydroxylation is 1. The predicted molar refractivity (Wildman–Crippen MR) is 141 cm³/mol. The molecule has 168 valence electrons. The summed E-state index contributed by atoms with van der Waals surface area (Å²) in [6.07, 6.45) is 1.71. The van der Waals surface area contributed by atoms with Crippen molar-refractivity contribution in [3.8, 4) is 5.69 Å². The smallest absolute Gasteiger partial charge is 0.294 e. The van der Waals surface area contributed by atoms with Crippen LogP contribution in [0.5, 0.6) is 0 Å². The van der Waals surface area contributed by atoms with E-state index < -0.39 is 17.1 Å². The summed E-state index contributed by atoms with van der Waals surface area (Å²) in [6.45, 7) is 3.59. The van der Waals surface area contributed by atoms with Crippen molar-refractivity contribution in [1.29, 1.82) is 0 Å². The van der Waals surface area contributed by atoms with Gasteiger partial charge in [0.25, 0.3) is 11.1 Å². The molecule has 1 N–H and O–H groups in total. The quantitative estimate of drug-likeness (QED) is 0.291. The number of carbonyl (C=O) groups is 3. The van der Waals surface area contributed by atoms with E-state index in [2.05, 4.69) is 32.5 Å². The van der Waals surface area contributed by atoms with E-state index in [4.69, 9.17) is 11.6 Å². The van der Waals surface area contributed by atoms with Crippen LogP contribution in [-0.4, -0.2) is 33.1 Å². The van der Waals surface area contributed by atoms with Gasteiger partial charge >= 0.3 is 0 Å². The third-order valence-corrected chi connectivity index (χ3v) is 7.02. The van der Waals surface area contributed by atoms with Gasteiger partial charge in [-0.1, -0.05) is 11.6 Å². The second-order valence-electron chi connectivity index (χ2n) is 7.46. The fourth-order valence-electron chi connectivity index (χ4n) is 3.58. The van der Waals surface area contributed by atoms with Gasteiger partial charge in [0.1, 0.15) is 6.54 Å². The average Bonchev–Trinajstić information content (AvgIpc) is 3.20. The topological polar surface area (TPSA) is 71.4 Å². The van der Waals surface area contributed by atoms with Crippen LogP contribution < -0.4 is 5.32 Å². The van der Waals surface area contributed by atoms with Crippen LogP contribution in [0.1, 0.15) is 17.0 Å². The SMILES string of the molecule is Cc1cc(/C=C2/SC(=O)N(CC(=O)Nc3ccc(I)cc3)C2=O)c(C)n1-c1ccc(Cl)cc1. The first kappa shape index (κ1) is 23.6. The standard InChI is InChI=1S/C24H19ClIN3O3S/c1-14-11-16(15(2)29(14)20-9-3-17(25)4-10-20)12-21-23(31)28(24(32)33-21)13-22(30)27-19-7-5-18(26)6-8-19/h3-12H,13H2,1-2H3,(H,27,30)/b21-12+. The third-order valence-electron chi connectivity index (χ3n) is 5.14. The Kier molecular flexibility index (Phi) is 6.96. The predicted octanol–water partition coefficient (Wildman–Crippen LogP) is 6.03. The lowest BCUT2D eigenvalue weighted by Crippen LogP contribution is -2.36. The molecule has 1 aliphatic rings. The Bertz CT molecular complexity index is 1280. The van der Waals surface area contributed by atoms with Gasteiger partial charge in [-0.3, -0.25) is 19.3 Å². The lowest BCUT2D eigenvalue weighted by molar-refractivity contribution is -0.127. The molecule has 9 heteroatoms. The van der Waals surface area contributed by atoms with Crippen LogP contribution in [-0.2, 0) is 9.59 Å².